The number of hydrogen-bond acceptors (Lipinski definition) is 4. The van der Waals surface area contributed by atoms with Crippen LogP contribution in [0, 0.1) is 13.8 Å². The molecule has 0 aromatic heterocycles. The number of hydrogen-bond donors (Lipinski definition) is 2. The van der Waals surface area contributed by atoms with Crippen molar-refractivity contribution in [3.63, 3.8) is 0 Å². The number of aryl methyl sites for hydroxylation is 2. The van der Waals surface area contributed by atoms with E-state index in [1.54, 1.807) is 12.1 Å². The lowest BCUT2D eigenvalue weighted by molar-refractivity contribution is -0.152. The lowest BCUT2D eigenvalue weighted by Crippen LogP contribution is -2.36. The van der Waals surface area contributed by atoms with Gasteiger partial charge >= 0.3 is 5.97 Å². The van der Waals surface area contributed by atoms with E-state index in [2.05, 4.69) is 31.4 Å². The van der Waals surface area contributed by atoms with Gasteiger partial charge in [0.2, 0.25) is 0 Å². The average Bonchev–Trinajstić information content (AvgIpc) is 2.67. The largest absolute Gasteiger partial charge is 0.451 e. The van der Waals surface area contributed by atoms with Crippen molar-refractivity contribution in [2.45, 2.75) is 53.1 Å². The maximum atomic E-state index is 12.3. The molecule has 6 nitrogen and oxygen atoms in total. The maximum absolute atomic E-state index is 12.3. The highest BCUT2D eigenvalue weighted by Gasteiger charge is 2.19. The number of ether oxygens (including phenoxy) is 1. The molecule has 0 fully saturated rings. The molecule has 0 aliphatic heterocycles. The predicted molar refractivity (Wildman–Crippen MR) is 118 cm³/mol. The lowest BCUT2D eigenvalue weighted by Gasteiger charge is -2.19. The van der Waals surface area contributed by atoms with Crippen molar-refractivity contribution in [3.05, 3.63) is 64.7 Å². The lowest BCUT2D eigenvalue weighted by atomic mass is 9.87. The number of carbonyl (C=O) groups excluding carboxylic acids is 3. The highest BCUT2D eigenvalue weighted by molar-refractivity contribution is 5.97. The molecule has 0 radical (unpaired) electrons. The highest BCUT2D eigenvalue weighted by Crippen LogP contribution is 2.22. The Morgan fingerprint density at radius 2 is 1.63 bits per heavy atom. The van der Waals surface area contributed by atoms with Crippen molar-refractivity contribution < 1.29 is 19.1 Å². The number of carbonyl (C=O) groups is 3. The minimum Gasteiger partial charge on any atom is -0.451 e. The van der Waals surface area contributed by atoms with Crippen molar-refractivity contribution in [2.24, 2.45) is 0 Å². The zero-order valence-electron chi connectivity index (χ0n) is 18.5. The summed E-state index contributed by atoms with van der Waals surface area (Å²) in [5.41, 5.74) is 4.24. The van der Waals surface area contributed by atoms with Gasteiger partial charge < -0.3 is 15.4 Å². The molecule has 1 atom stereocenters. The van der Waals surface area contributed by atoms with E-state index in [-0.39, 0.29) is 17.9 Å². The van der Waals surface area contributed by atoms with Crippen LogP contribution < -0.4 is 10.6 Å². The molecule has 0 saturated heterocycles. The molecule has 2 aromatic carbocycles. The van der Waals surface area contributed by atoms with Gasteiger partial charge in [0.05, 0.1) is 0 Å². The number of esters is 1. The number of benzene rings is 2. The molecule has 1 unspecified atom stereocenters. The molecular formula is C24H30N2O4. The van der Waals surface area contributed by atoms with E-state index in [0.29, 0.717) is 11.3 Å². The molecule has 0 aliphatic rings. The summed E-state index contributed by atoms with van der Waals surface area (Å²) in [6.07, 6.45) is -0.985. The Labute approximate surface area is 178 Å². The SMILES string of the molecule is Cc1ccc(NC(=O)C(C)OC(=O)CNC(=O)c2ccc(C(C)(C)C)cc2)c(C)c1. The van der Waals surface area contributed by atoms with E-state index in [1.807, 2.05) is 44.2 Å². The molecule has 2 N–H and O–H groups in total. The molecule has 30 heavy (non-hydrogen) atoms. The first-order valence-corrected chi connectivity index (χ1v) is 9.93. The summed E-state index contributed by atoms with van der Waals surface area (Å²) in [6.45, 7) is 11.3. The van der Waals surface area contributed by atoms with Crippen molar-refractivity contribution in [1.82, 2.24) is 5.32 Å². The third-order valence-electron chi connectivity index (χ3n) is 4.72. The molecule has 0 saturated carbocycles. The first-order chi connectivity index (χ1) is 14.0. The van der Waals surface area contributed by atoms with Crippen molar-refractivity contribution in [3.8, 4) is 0 Å². The van der Waals surface area contributed by atoms with Crippen molar-refractivity contribution in [1.29, 1.82) is 0 Å². The van der Waals surface area contributed by atoms with Crippen LogP contribution in [0.5, 0.6) is 0 Å². The molecule has 0 spiro atoms. The summed E-state index contributed by atoms with van der Waals surface area (Å²) in [4.78, 5) is 36.5. The Hall–Kier alpha value is -3.15. The van der Waals surface area contributed by atoms with Gasteiger partial charge in [0.15, 0.2) is 6.10 Å². The first kappa shape index (κ1) is 23.1. The van der Waals surface area contributed by atoms with Gasteiger partial charge in [-0.3, -0.25) is 14.4 Å². The van der Waals surface area contributed by atoms with Crippen LogP contribution in [0.2, 0.25) is 0 Å². The van der Waals surface area contributed by atoms with Crippen LogP contribution >= 0.6 is 0 Å². The fourth-order valence-electron chi connectivity index (χ4n) is 2.86. The van der Waals surface area contributed by atoms with Crippen LogP contribution in [-0.4, -0.2) is 30.4 Å². The Bertz CT molecular complexity index is 927. The Morgan fingerprint density at radius 3 is 2.20 bits per heavy atom. The number of anilines is 1. The normalized spacial score (nSPS) is 12.1. The number of rotatable bonds is 6. The van der Waals surface area contributed by atoms with Crippen molar-refractivity contribution in [2.75, 3.05) is 11.9 Å². The van der Waals surface area contributed by atoms with Gasteiger partial charge in [-0.15, -0.1) is 0 Å². The first-order valence-electron chi connectivity index (χ1n) is 9.93. The molecule has 0 heterocycles. The Balaban J connectivity index is 1.84. The van der Waals surface area contributed by atoms with Gasteiger partial charge in [0.25, 0.3) is 11.8 Å². The van der Waals surface area contributed by atoms with E-state index >= 15 is 0 Å². The van der Waals surface area contributed by atoms with Crippen LogP contribution in [0.3, 0.4) is 0 Å². The molecule has 2 rings (SSSR count). The summed E-state index contributed by atoms with van der Waals surface area (Å²) < 4.78 is 5.13. The molecular weight excluding hydrogens is 380 g/mol. The van der Waals surface area contributed by atoms with Crippen LogP contribution in [-0.2, 0) is 19.7 Å². The van der Waals surface area contributed by atoms with Crippen LogP contribution in [0.15, 0.2) is 42.5 Å². The van der Waals surface area contributed by atoms with E-state index < -0.39 is 18.0 Å². The van der Waals surface area contributed by atoms with Gasteiger partial charge in [-0.1, -0.05) is 50.6 Å². The maximum Gasteiger partial charge on any atom is 0.326 e. The molecule has 160 valence electrons. The summed E-state index contributed by atoms with van der Waals surface area (Å²) in [6, 6.07) is 12.9. The van der Waals surface area contributed by atoms with Crippen molar-refractivity contribution >= 4 is 23.5 Å². The standard InChI is InChI=1S/C24H30N2O4/c1-15-7-12-20(16(2)13-15)26-22(28)17(3)30-21(27)14-25-23(29)18-8-10-19(11-9-18)24(4,5)6/h7-13,17H,14H2,1-6H3,(H,25,29)(H,26,28). The van der Waals surface area contributed by atoms with Crippen LogP contribution in [0.1, 0.15) is 54.7 Å². The molecule has 0 bridgehead atoms. The van der Waals surface area contributed by atoms with Gasteiger partial charge in [0, 0.05) is 11.3 Å². The number of amides is 2. The minimum atomic E-state index is -0.985. The fraction of sp³-hybridized carbons (Fsp3) is 0.375. The summed E-state index contributed by atoms with van der Waals surface area (Å²) >= 11 is 0. The minimum absolute atomic E-state index is 0.00730. The average molecular weight is 411 g/mol. The topological polar surface area (TPSA) is 84.5 Å². The van der Waals surface area contributed by atoms with Crippen LogP contribution in [0.4, 0.5) is 5.69 Å². The van der Waals surface area contributed by atoms with Gasteiger partial charge in [-0.05, 0) is 55.5 Å². The van der Waals surface area contributed by atoms with Gasteiger partial charge in [-0.25, -0.2) is 0 Å². The quantitative estimate of drug-likeness (QED) is 0.708. The fourth-order valence-corrected chi connectivity index (χ4v) is 2.86. The Kier molecular flexibility index (Phi) is 7.38. The number of nitrogens with one attached hydrogen (secondary N) is 2. The summed E-state index contributed by atoms with van der Waals surface area (Å²) in [5.74, 6) is -1.49. The molecule has 2 amide bonds. The van der Waals surface area contributed by atoms with E-state index in [4.69, 9.17) is 4.74 Å². The molecule has 0 aliphatic carbocycles. The van der Waals surface area contributed by atoms with E-state index in [1.165, 1.54) is 6.92 Å². The zero-order valence-corrected chi connectivity index (χ0v) is 18.5. The summed E-state index contributed by atoms with van der Waals surface area (Å²) in [7, 11) is 0. The van der Waals surface area contributed by atoms with Gasteiger partial charge in [0.1, 0.15) is 6.54 Å². The van der Waals surface area contributed by atoms with Gasteiger partial charge in [-0.2, -0.15) is 0 Å². The van der Waals surface area contributed by atoms with E-state index in [0.717, 1.165) is 16.7 Å². The van der Waals surface area contributed by atoms with Crippen LogP contribution in [0.25, 0.3) is 0 Å². The predicted octanol–water partition coefficient (Wildman–Crippen LogP) is 3.90. The smallest absolute Gasteiger partial charge is 0.326 e. The second-order valence-corrected chi connectivity index (χ2v) is 8.45. The summed E-state index contributed by atoms with van der Waals surface area (Å²) in [5, 5.41) is 5.27. The zero-order chi connectivity index (χ0) is 22.5. The van der Waals surface area contributed by atoms with E-state index in [9.17, 15) is 14.4 Å². The third kappa shape index (κ3) is 6.44. The molecule has 6 heteroatoms. The second kappa shape index (κ2) is 9.57. The highest BCUT2D eigenvalue weighted by atomic mass is 16.5. The Morgan fingerprint density at radius 1 is 1.00 bits per heavy atom. The second-order valence-electron chi connectivity index (χ2n) is 8.45. The monoisotopic (exact) mass is 410 g/mol. The third-order valence-corrected chi connectivity index (χ3v) is 4.72. The molecule has 2 aromatic rings.